The van der Waals surface area contributed by atoms with E-state index in [-0.39, 0.29) is 29.6 Å². The SMILES string of the molecule is CN=C(N/C=C(\C)C(C)c1cccc(Cl)c1)C(=O)N1CCN(C(=O)c2cc3ccccc3o2)CC1C. The van der Waals surface area contributed by atoms with Crippen molar-refractivity contribution in [1.82, 2.24) is 15.1 Å². The second-order valence-electron chi connectivity index (χ2n) is 9.13. The number of piperazine rings is 1. The smallest absolute Gasteiger partial charge is 0.289 e. The van der Waals surface area contributed by atoms with E-state index in [1.807, 2.05) is 68.6 Å². The number of rotatable bonds is 4. The summed E-state index contributed by atoms with van der Waals surface area (Å²) in [4.78, 5) is 34.0. The van der Waals surface area contributed by atoms with E-state index in [1.54, 1.807) is 22.9 Å². The summed E-state index contributed by atoms with van der Waals surface area (Å²) in [5.41, 5.74) is 2.82. The van der Waals surface area contributed by atoms with Crippen LogP contribution in [0.2, 0.25) is 5.02 Å². The van der Waals surface area contributed by atoms with Gasteiger partial charge in [0.1, 0.15) is 5.58 Å². The van der Waals surface area contributed by atoms with Crippen LogP contribution in [-0.2, 0) is 4.79 Å². The molecule has 0 saturated carbocycles. The summed E-state index contributed by atoms with van der Waals surface area (Å²) in [5.74, 6) is 0.337. The molecule has 3 aromatic rings. The van der Waals surface area contributed by atoms with Gasteiger partial charge in [-0.25, -0.2) is 0 Å². The van der Waals surface area contributed by atoms with Crippen molar-refractivity contribution in [3.63, 3.8) is 0 Å². The number of amides is 2. The highest BCUT2D eigenvalue weighted by Gasteiger charge is 2.33. The number of halogens is 1. The number of allylic oxidation sites excluding steroid dienone is 1. The largest absolute Gasteiger partial charge is 0.451 e. The molecule has 8 heteroatoms. The Morgan fingerprint density at radius 1 is 1.17 bits per heavy atom. The summed E-state index contributed by atoms with van der Waals surface area (Å²) < 4.78 is 5.75. The molecule has 0 aliphatic carbocycles. The van der Waals surface area contributed by atoms with Gasteiger partial charge in [0, 0.05) is 55.3 Å². The summed E-state index contributed by atoms with van der Waals surface area (Å²) in [6.45, 7) is 7.27. The van der Waals surface area contributed by atoms with Crippen LogP contribution in [0.4, 0.5) is 0 Å². The monoisotopic (exact) mass is 506 g/mol. The van der Waals surface area contributed by atoms with Crippen LogP contribution in [0.5, 0.6) is 0 Å². The van der Waals surface area contributed by atoms with Gasteiger partial charge < -0.3 is 19.5 Å². The van der Waals surface area contributed by atoms with E-state index in [1.165, 1.54) is 0 Å². The number of nitrogens with zero attached hydrogens (tertiary/aromatic N) is 3. The van der Waals surface area contributed by atoms with Crippen molar-refractivity contribution in [2.45, 2.75) is 32.7 Å². The second kappa shape index (κ2) is 11.0. The molecule has 2 amide bonds. The van der Waals surface area contributed by atoms with Gasteiger partial charge in [0.2, 0.25) is 0 Å². The van der Waals surface area contributed by atoms with Crippen LogP contribution in [0.3, 0.4) is 0 Å². The maximum Gasteiger partial charge on any atom is 0.289 e. The zero-order chi connectivity index (χ0) is 25.8. The molecule has 1 saturated heterocycles. The van der Waals surface area contributed by atoms with Crippen molar-refractivity contribution >= 4 is 40.2 Å². The van der Waals surface area contributed by atoms with Crippen LogP contribution in [-0.4, -0.2) is 60.2 Å². The van der Waals surface area contributed by atoms with Gasteiger partial charge in [0.05, 0.1) is 0 Å². The average molecular weight is 507 g/mol. The van der Waals surface area contributed by atoms with Crippen LogP contribution in [0.15, 0.2) is 75.8 Å². The van der Waals surface area contributed by atoms with E-state index in [4.69, 9.17) is 16.0 Å². The molecule has 4 rings (SSSR count). The van der Waals surface area contributed by atoms with Crippen molar-refractivity contribution in [2.24, 2.45) is 4.99 Å². The minimum Gasteiger partial charge on any atom is -0.451 e. The number of benzene rings is 2. The Bertz CT molecular complexity index is 1300. The highest BCUT2D eigenvalue weighted by molar-refractivity contribution is 6.38. The van der Waals surface area contributed by atoms with Crippen molar-refractivity contribution in [3.05, 3.63) is 82.7 Å². The van der Waals surface area contributed by atoms with Gasteiger partial charge in [-0.15, -0.1) is 0 Å². The Hall–Kier alpha value is -3.58. The van der Waals surface area contributed by atoms with Gasteiger partial charge in [-0.3, -0.25) is 14.6 Å². The number of hydrogen-bond donors (Lipinski definition) is 1. The molecule has 0 radical (unpaired) electrons. The van der Waals surface area contributed by atoms with E-state index in [2.05, 4.69) is 17.2 Å². The Labute approximate surface area is 216 Å². The normalized spacial score (nSPS) is 17.9. The molecule has 2 atom stereocenters. The number of amidine groups is 1. The molecule has 7 nitrogen and oxygen atoms in total. The first-order chi connectivity index (χ1) is 17.3. The van der Waals surface area contributed by atoms with Gasteiger partial charge in [-0.05, 0) is 43.7 Å². The number of fused-ring (bicyclic) bond motifs is 1. The third kappa shape index (κ3) is 5.46. The fraction of sp³-hybridized carbons (Fsp3) is 0.321. The van der Waals surface area contributed by atoms with E-state index >= 15 is 0 Å². The van der Waals surface area contributed by atoms with Gasteiger partial charge in [-0.2, -0.15) is 0 Å². The molecule has 2 aromatic carbocycles. The first-order valence-electron chi connectivity index (χ1n) is 12.0. The molecule has 1 fully saturated rings. The Kier molecular flexibility index (Phi) is 7.79. The van der Waals surface area contributed by atoms with Crippen molar-refractivity contribution < 1.29 is 14.0 Å². The lowest BCUT2D eigenvalue weighted by atomic mass is 9.95. The van der Waals surface area contributed by atoms with Crippen molar-refractivity contribution in [3.8, 4) is 0 Å². The number of para-hydroxylation sites is 1. The van der Waals surface area contributed by atoms with Crippen LogP contribution >= 0.6 is 11.6 Å². The lowest BCUT2D eigenvalue weighted by Gasteiger charge is -2.39. The lowest BCUT2D eigenvalue weighted by molar-refractivity contribution is -0.128. The molecule has 1 N–H and O–H groups in total. The summed E-state index contributed by atoms with van der Waals surface area (Å²) in [6.07, 6.45) is 1.82. The number of aliphatic imine (C=N–C) groups is 1. The quantitative estimate of drug-likeness (QED) is 0.395. The summed E-state index contributed by atoms with van der Waals surface area (Å²) in [7, 11) is 1.59. The van der Waals surface area contributed by atoms with E-state index in [0.29, 0.717) is 36.0 Å². The number of carbonyl (C=O) groups is 2. The summed E-state index contributed by atoms with van der Waals surface area (Å²) >= 11 is 6.13. The third-order valence-electron chi connectivity index (χ3n) is 6.71. The molecule has 1 aliphatic heterocycles. The molecule has 2 heterocycles. The van der Waals surface area contributed by atoms with E-state index in [9.17, 15) is 9.59 Å². The molecule has 188 valence electrons. The standard InChI is InChI=1S/C28H31ClN4O3/c1-18(20(3)21-9-7-10-23(29)14-21)16-31-26(30-4)28(35)33-13-12-32(17-19(33)2)27(34)25-15-22-8-5-6-11-24(22)36-25/h5-11,14-16,19-20H,12-13,17H2,1-4H3,(H,30,31)/b18-16+. The highest BCUT2D eigenvalue weighted by atomic mass is 35.5. The Morgan fingerprint density at radius 3 is 2.64 bits per heavy atom. The number of hydrogen-bond acceptors (Lipinski definition) is 4. The zero-order valence-corrected chi connectivity index (χ0v) is 21.7. The number of nitrogens with one attached hydrogen (secondary N) is 1. The van der Waals surface area contributed by atoms with Crippen molar-refractivity contribution in [1.29, 1.82) is 0 Å². The van der Waals surface area contributed by atoms with Gasteiger partial charge >= 0.3 is 0 Å². The molecular formula is C28H31ClN4O3. The van der Waals surface area contributed by atoms with E-state index < -0.39 is 0 Å². The maximum absolute atomic E-state index is 13.3. The first-order valence-corrected chi connectivity index (χ1v) is 12.4. The minimum atomic E-state index is -0.194. The molecule has 1 aliphatic rings. The fourth-order valence-corrected chi connectivity index (χ4v) is 4.59. The molecule has 0 spiro atoms. The highest BCUT2D eigenvalue weighted by Crippen LogP contribution is 2.25. The van der Waals surface area contributed by atoms with Crippen LogP contribution in [0.1, 0.15) is 42.8 Å². The van der Waals surface area contributed by atoms with Gasteiger partial charge in [0.25, 0.3) is 11.8 Å². The maximum atomic E-state index is 13.3. The minimum absolute atomic E-state index is 0.121. The van der Waals surface area contributed by atoms with Gasteiger partial charge in [0.15, 0.2) is 11.6 Å². The Morgan fingerprint density at radius 2 is 1.94 bits per heavy atom. The molecular weight excluding hydrogens is 476 g/mol. The van der Waals surface area contributed by atoms with Crippen molar-refractivity contribution in [2.75, 3.05) is 26.7 Å². The Balaban J connectivity index is 1.38. The first kappa shape index (κ1) is 25.5. The topological polar surface area (TPSA) is 78.2 Å². The summed E-state index contributed by atoms with van der Waals surface area (Å²) in [5, 5.41) is 4.68. The molecule has 0 bridgehead atoms. The zero-order valence-electron chi connectivity index (χ0n) is 21.0. The predicted molar refractivity (Wildman–Crippen MR) is 143 cm³/mol. The fourth-order valence-electron chi connectivity index (χ4n) is 4.39. The predicted octanol–water partition coefficient (Wildman–Crippen LogP) is 5.08. The van der Waals surface area contributed by atoms with E-state index in [0.717, 1.165) is 16.5 Å². The summed E-state index contributed by atoms with van der Waals surface area (Å²) in [6, 6.07) is 16.9. The third-order valence-corrected chi connectivity index (χ3v) is 6.94. The molecule has 1 aromatic heterocycles. The second-order valence-corrected chi connectivity index (χ2v) is 9.57. The molecule has 36 heavy (non-hydrogen) atoms. The number of furan rings is 1. The van der Waals surface area contributed by atoms with Crippen LogP contribution in [0, 0.1) is 0 Å². The lowest BCUT2D eigenvalue weighted by Crippen LogP contribution is -2.57. The average Bonchev–Trinajstić information content (AvgIpc) is 3.32. The number of carbonyl (C=O) groups excluding carboxylic acids is 2. The van der Waals surface area contributed by atoms with Crippen LogP contribution < -0.4 is 5.32 Å². The van der Waals surface area contributed by atoms with Crippen LogP contribution in [0.25, 0.3) is 11.0 Å². The van der Waals surface area contributed by atoms with Gasteiger partial charge in [-0.1, -0.05) is 54.4 Å². The molecule has 2 unspecified atom stereocenters.